The molecule has 1 atom stereocenters. The SMILES string of the molecule is CCc1ccccc1SCC(I)(NS(=O)(=O)c1c(C)cc(C)cc1C)C(F)(F)F. The molecule has 0 saturated carbocycles. The van der Waals surface area contributed by atoms with Crippen molar-refractivity contribution < 1.29 is 21.6 Å². The molecule has 1 unspecified atom stereocenters. The van der Waals surface area contributed by atoms with Gasteiger partial charge in [-0.1, -0.05) is 42.8 Å². The van der Waals surface area contributed by atoms with Crippen molar-refractivity contribution in [2.75, 3.05) is 5.75 Å². The molecular weight excluding hydrogens is 534 g/mol. The number of hydrogen-bond donors (Lipinski definition) is 1. The zero-order chi connectivity index (χ0) is 22.0. The van der Waals surface area contributed by atoms with E-state index in [9.17, 15) is 21.6 Å². The van der Waals surface area contributed by atoms with Gasteiger partial charge in [0.15, 0.2) is 3.55 Å². The summed E-state index contributed by atoms with van der Waals surface area (Å²) in [5.74, 6) is -0.489. The van der Waals surface area contributed by atoms with Crippen LogP contribution in [0.1, 0.15) is 29.2 Å². The molecule has 0 aromatic heterocycles. The number of rotatable bonds is 7. The van der Waals surface area contributed by atoms with Gasteiger partial charge in [-0.15, -0.1) is 11.8 Å². The predicted molar refractivity (Wildman–Crippen MR) is 120 cm³/mol. The second-order valence-corrected chi connectivity index (χ2v) is 11.4. The van der Waals surface area contributed by atoms with Gasteiger partial charge in [0.2, 0.25) is 10.0 Å². The van der Waals surface area contributed by atoms with Gasteiger partial charge in [-0.3, -0.25) is 0 Å². The highest BCUT2D eigenvalue weighted by Crippen LogP contribution is 2.42. The molecule has 0 amide bonds. The summed E-state index contributed by atoms with van der Waals surface area (Å²) < 4.78 is 67.1. The molecule has 2 aromatic rings. The highest BCUT2D eigenvalue weighted by molar-refractivity contribution is 14.1. The second-order valence-electron chi connectivity index (χ2n) is 6.88. The van der Waals surface area contributed by atoms with E-state index in [2.05, 4.69) is 0 Å². The fourth-order valence-corrected chi connectivity index (χ4v) is 7.41. The highest BCUT2D eigenvalue weighted by atomic mass is 127. The summed E-state index contributed by atoms with van der Waals surface area (Å²) >= 11 is 2.18. The third kappa shape index (κ3) is 5.68. The number of alkyl halides is 4. The summed E-state index contributed by atoms with van der Waals surface area (Å²) in [6.07, 6.45) is -4.10. The van der Waals surface area contributed by atoms with Crippen LogP contribution in [0.25, 0.3) is 0 Å². The van der Waals surface area contributed by atoms with E-state index in [1.54, 1.807) is 38.1 Å². The maximum absolute atomic E-state index is 14.0. The number of aryl methyl sites for hydroxylation is 4. The van der Waals surface area contributed by atoms with E-state index >= 15 is 0 Å². The maximum atomic E-state index is 14.0. The van der Waals surface area contributed by atoms with E-state index in [0.29, 0.717) is 22.4 Å². The number of thioether (sulfide) groups is 1. The fourth-order valence-electron chi connectivity index (χ4n) is 3.14. The van der Waals surface area contributed by atoms with Gasteiger partial charge in [-0.2, -0.15) is 17.9 Å². The fraction of sp³-hybridized carbons (Fsp3) is 0.400. The first kappa shape index (κ1) is 24.5. The lowest BCUT2D eigenvalue weighted by molar-refractivity contribution is -0.151. The lowest BCUT2D eigenvalue weighted by Gasteiger charge is -2.31. The molecule has 0 spiro atoms. The molecule has 0 aliphatic rings. The summed E-state index contributed by atoms with van der Waals surface area (Å²) in [6, 6.07) is 10.5. The van der Waals surface area contributed by atoms with Crippen LogP contribution in [0.2, 0.25) is 0 Å². The number of hydrogen-bond acceptors (Lipinski definition) is 3. The standard InChI is InChI=1S/C20H23F3INO2S2/c1-5-16-8-6-7-9-17(16)28-12-19(24,20(21,22)23)25-29(26,27)18-14(3)10-13(2)11-15(18)4/h6-11,25H,5,12H2,1-4H3. The monoisotopic (exact) mass is 557 g/mol. The molecule has 2 rings (SSSR count). The Morgan fingerprint density at radius 1 is 1.07 bits per heavy atom. The van der Waals surface area contributed by atoms with Crippen LogP contribution >= 0.6 is 34.4 Å². The molecule has 0 radical (unpaired) electrons. The molecule has 0 heterocycles. The van der Waals surface area contributed by atoms with Gasteiger partial charge in [0.1, 0.15) is 0 Å². The molecule has 0 bridgehead atoms. The molecule has 29 heavy (non-hydrogen) atoms. The molecule has 0 saturated heterocycles. The zero-order valence-corrected chi connectivity index (χ0v) is 20.3. The van der Waals surface area contributed by atoms with Crippen LogP contribution in [0.4, 0.5) is 13.2 Å². The number of sulfonamides is 1. The smallest absolute Gasteiger partial charge is 0.207 e. The van der Waals surface area contributed by atoms with Gasteiger partial charge in [-0.25, -0.2) is 8.42 Å². The van der Waals surface area contributed by atoms with Crippen molar-refractivity contribution in [2.24, 2.45) is 0 Å². The van der Waals surface area contributed by atoms with Gasteiger partial charge in [0.25, 0.3) is 0 Å². The van der Waals surface area contributed by atoms with Gasteiger partial charge in [0.05, 0.1) is 4.90 Å². The van der Waals surface area contributed by atoms with E-state index < -0.39 is 25.5 Å². The van der Waals surface area contributed by atoms with Crippen LogP contribution in [0.3, 0.4) is 0 Å². The third-order valence-electron chi connectivity index (χ3n) is 4.40. The van der Waals surface area contributed by atoms with Gasteiger partial charge >= 0.3 is 6.18 Å². The average molecular weight is 557 g/mol. The molecule has 160 valence electrons. The Balaban J connectivity index is 2.40. The Kier molecular flexibility index (Phi) is 7.73. The van der Waals surface area contributed by atoms with Crippen molar-refractivity contribution in [1.82, 2.24) is 4.72 Å². The van der Waals surface area contributed by atoms with Crippen molar-refractivity contribution in [1.29, 1.82) is 0 Å². The van der Waals surface area contributed by atoms with Crippen LogP contribution in [0, 0.1) is 20.8 Å². The van der Waals surface area contributed by atoms with Gasteiger partial charge in [-0.05, 0) is 72.5 Å². The summed E-state index contributed by atoms with van der Waals surface area (Å²) in [7, 11) is -4.39. The number of halogens is 4. The Bertz CT molecular complexity index is 970. The van der Waals surface area contributed by atoms with Crippen molar-refractivity contribution in [3.8, 4) is 0 Å². The summed E-state index contributed by atoms with van der Waals surface area (Å²) in [5.41, 5.74) is 2.61. The minimum atomic E-state index is -4.78. The largest absolute Gasteiger partial charge is 0.417 e. The first-order valence-corrected chi connectivity index (χ1v) is 12.4. The minimum Gasteiger partial charge on any atom is -0.207 e. The van der Waals surface area contributed by atoms with Crippen LogP contribution < -0.4 is 4.72 Å². The van der Waals surface area contributed by atoms with E-state index in [0.717, 1.165) is 22.9 Å². The predicted octanol–water partition coefficient (Wildman–Crippen LogP) is 5.94. The quantitative estimate of drug-likeness (QED) is 0.199. The first-order chi connectivity index (χ1) is 13.3. The van der Waals surface area contributed by atoms with Crippen LogP contribution in [0.15, 0.2) is 46.2 Å². The Morgan fingerprint density at radius 2 is 1.62 bits per heavy atom. The highest BCUT2D eigenvalue weighted by Gasteiger charge is 2.55. The van der Waals surface area contributed by atoms with Crippen LogP contribution in [-0.4, -0.2) is 23.9 Å². The molecule has 0 aliphatic carbocycles. The molecule has 2 aromatic carbocycles. The normalized spacial score (nSPS) is 14.6. The number of benzene rings is 2. The summed E-state index contributed by atoms with van der Waals surface area (Å²) in [4.78, 5) is 0.606. The topological polar surface area (TPSA) is 46.2 Å². The Morgan fingerprint density at radius 3 is 2.14 bits per heavy atom. The van der Waals surface area contributed by atoms with E-state index in [1.807, 2.05) is 30.7 Å². The lowest BCUT2D eigenvalue weighted by atomic mass is 10.1. The number of nitrogens with one attached hydrogen (secondary N) is 1. The van der Waals surface area contributed by atoms with E-state index in [1.165, 1.54) is 22.6 Å². The minimum absolute atomic E-state index is 0.104. The van der Waals surface area contributed by atoms with E-state index in [-0.39, 0.29) is 4.90 Å². The lowest BCUT2D eigenvalue weighted by Crippen LogP contribution is -2.55. The maximum Gasteiger partial charge on any atom is 0.417 e. The molecule has 1 N–H and O–H groups in total. The second kappa shape index (κ2) is 9.15. The zero-order valence-electron chi connectivity index (χ0n) is 16.5. The first-order valence-electron chi connectivity index (χ1n) is 8.89. The molecule has 9 heteroatoms. The van der Waals surface area contributed by atoms with Crippen molar-refractivity contribution in [2.45, 2.75) is 53.6 Å². The summed E-state index contributed by atoms with van der Waals surface area (Å²) in [5, 5.41) is 0. The molecular formula is C20H23F3INO2S2. The Labute approximate surface area is 188 Å². The Hall–Kier alpha value is -0.780. The molecule has 3 nitrogen and oxygen atoms in total. The van der Waals surface area contributed by atoms with E-state index in [4.69, 9.17) is 0 Å². The molecule has 0 aliphatic heterocycles. The average Bonchev–Trinajstić information content (AvgIpc) is 2.57. The van der Waals surface area contributed by atoms with Crippen molar-refractivity contribution in [3.63, 3.8) is 0 Å². The van der Waals surface area contributed by atoms with Crippen LogP contribution in [0.5, 0.6) is 0 Å². The van der Waals surface area contributed by atoms with Crippen molar-refractivity contribution >= 4 is 44.4 Å². The van der Waals surface area contributed by atoms with Gasteiger partial charge in [0, 0.05) is 10.6 Å². The molecule has 0 fully saturated rings. The summed E-state index contributed by atoms with van der Waals surface area (Å²) in [6.45, 7) is 6.91. The third-order valence-corrected chi connectivity index (χ3v) is 9.63. The van der Waals surface area contributed by atoms with Crippen molar-refractivity contribution in [3.05, 3.63) is 58.7 Å². The van der Waals surface area contributed by atoms with Crippen LogP contribution in [-0.2, 0) is 16.4 Å². The van der Waals surface area contributed by atoms with Gasteiger partial charge < -0.3 is 0 Å².